The van der Waals surface area contributed by atoms with Gasteiger partial charge in [-0.1, -0.05) is 0 Å². The van der Waals surface area contributed by atoms with Gasteiger partial charge in [0.15, 0.2) is 0 Å². The molecule has 0 saturated heterocycles. The van der Waals surface area contributed by atoms with Crippen molar-refractivity contribution < 1.29 is 67.7 Å². The average Bonchev–Trinajstić information content (AvgIpc) is 3.07. The molecule has 4 nitrogen and oxygen atoms in total. The number of hydrogen-bond donors (Lipinski definition) is 2. The molecule has 0 aromatic carbocycles. The Kier molecular flexibility index (Phi) is 8.61. The Labute approximate surface area is 160 Å². The first-order valence-electron chi connectivity index (χ1n) is 7.37. The molecule has 1 heterocycles. The Morgan fingerprint density at radius 3 is 1.78 bits per heavy atom. The van der Waals surface area contributed by atoms with E-state index in [1.807, 2.05) is 0 Å². The number of aliphatic hydroxyl groups is 2. The van der Waals surface area contributed by atoms with Crippen LogP contribution in [0.15, 0.2) is 41.4 Å². The van der Waals surface area contributed by atoms with Crippen molar-refractivity contribution in [2.75, 3.05) is 26.4 Å². The molecule has 0 atom stereocenters. The van der Waals surface area contributed by atoms with Crippen molar-refractivity contribution in [3.8, 4) is 0 Å². The molecule has 3 aliphatic rings. The summed E-state index contributed by atoms with van der Waals surface area (Å²) in [6.45, 7) is 3.03. The van der Waals surface area contributed by atoms with E-state index in [0.717, 1.165) is 24.4 Å². The first kappa shape index (κ1) is 21.0. The fraction of sp³-hybridized carbons (Fsp3) is 0.500. The van der Waals surface area contributed by atoms with Gasteiger partial charge >= 0.3 is 136 Å². The van der Waals surface area contributed by atoms with Gasteiger partial charge in [0.1, 0.15) is 0 Å². The van der Waals surface area contributed by atoms with Crippen LogP contribution in [0.3, 0.4) is 0 Å². The summed E-state index contributed by atoms with van der Waals surface area (Å²) in [5.74, 6) is 2.23. The van der Waals surface area contributed by atoms with Gasteiger partial charge in [0.2, 0.25) is 0 Å². The summed E-state index contributed by atoms with van der Waals surface area (Å²) >= 11 is -0.717. The predicted molar refractivity (Wildman–Crippen MR) is 74.7 cm³/mol. The van der Waals surface area contributed by atoms with E-state index in [4.69, 9.17) is 19.7 Å². The third-order valence-electron chi connectivity index (χ3n) is 4.03. The molecule has 0 unspecified atom stereocenters. The van der Waals surface area contributed by atoms with E-state index in [-0.39, 0.29) is 38.0 Å². The standard InChI is InChI=1S/C16H20O4.2ClH.Zr/c1-12(13-4-2-6-15(13)19-10-8-17)14-5-3-7-16(14)20-11-9-18;;;/h6-7,12,17-18H,2-3,8-11H2,1H3;2*1H;/q;;;+2/p-2. The maximum absolute atomic E-state index is 8.96. The molecule has 0 fully saturated rings. The fourth-order valence-electron chi connectivity index (χ4n) is 3.22. The number of aliphatic hydroxyl groups excluding tert-OH is 2. The van der Waals surface area contributed by atoms with Crippen LogP contribution in [0.2, 0.25) is 0 Å². The van der Waals surface area contributed by atoms with Crippen molar-refractivity contribution in [1.82, 2.24) is 0 Å². The van der Waals surface area contributed by atoms with Crippen LogP contribution in [0, 0.1) is 5.92 Å². The Balaban J connectivity index is 0.00000132. The minimum absolute atomic E-state index is 0. The summed E-state index contributed by atoms with van der Waals surface area (Å²) < 4.78 is 14.6. The van der Waals surface area contributed by atoms with Gasteiger partial charge in [-0.25, -0.2) is 0 Å². The van der Waals surface area contributed by atoms with Crippen molar-refractivity contribution in [3.05, 3.63) is 41.4 Å². The van der Waals surface area contributed by atoms with Crippen LogP contribution in [0.25, 0.3) is 0 Å². The van der Waals surface area contributed by atoms with Gasteiger partial charge in [-0.05, 0) is 0 Å². The van der Waals surface area contributed by atoms with Gasteiger partial charge < -0.3 is 24.8 Å². The molecule has 0 bridgehead atoms. The number of ether oxygens (including phenoxy) is 2. The smallest absolute Gasteiger partial charge is 1.00 e. The molecule has 0 aromatic rings. The molecule has 0 spiro atoms. The van der Waals surface area contributed by atoms with Crippen LogP contribution in [0.1, 0.15) is 19.8 Å². The van der Waals surface area contributed by atoms with Crippen LogP contribution in [0.5, 0.6) is 0 Å². The summed E-state index contributed by atoms with van der Waals surface area (Å²) in [7, 11) is 0. The third kappa shape index (κ3) is 4.13. The summed E-state index contributed by atoms with van der Waals surface area (Å²) in [5, 5.41) is 17.9. The van der Waals surface area contributed by atoms with E-state index >= 15 is 0 Å². The maximum Gasteiger partial charge on any atom is -1.00 e. The van der Waals surface area contributed by atoms with Crippen molar-refractivity contribution in [2.45, 2.75) is 19.8 Å². The molecule has 23 heavy (non-hydrogen) atoms. The van der Waals surface area contributed by atoms with Gasteiger partial charge in [0.05, 0.1) is 0 Å². The normalized spacial score (nSPS) is 18.7. The largest absolute Gasteiger partial charge is 1.00 e. The Hall–Kier alpha value is -0.0569. The summed E-state index contributed by atoms with van der Waals surface area (Å²) in [6.07, 6.45) is 6.38. The van der Waals surface area contributed by atoms with E-state index in [9.17, 15) is 0 Å². The second-order valence-corrected chi connectivity index (χ2v) is 8.90. The van der Waals surface area contributed by atoms with Gasteiger partial charge in [-0.15, -0.1) is 0 Å². The molecular formula is C16H20Cl2O4Zr. The second-order valence-electron chi connectivity index (χ2n) is 5.32. The van der Waals surface area contributed by atoms with Crippen LogP contribution in [-0.2, 0) is 32.7 Å². The summed E-state index contributed by atoms with van der Waals surface area (Å²) in [6, 6.07) is 0. The van der Waals surface area contributed by atoms with Crippen molar-refractivity contribution in [1.29, 1.82) is 0 Å². The molecule has 3 rings (SSSR count). The van der Waals surface area contributed by atoms with Gasteiger partial charge in [0.25, 0.3) is 0 Å². The minimum atomic E-state index is -0.717. The number of rotatable bonds is 6. The van der Waals surface area contributed by atoms with Crippen molar-refractivity contribution >= 4 is 0 Å². The van der Waals surface area contributed by atoms with Crippen molar-refractivity contribution in [3.63, 3.8) is 0 Å². The zero-order valence-corrected chi connectivity index (χ0v) is 16.9. The predicted octanol–water partition coefficient (Wildman–Crippen LogP) is -4.17. The van der Waals surface area contributed by atoms with E-state index in [1.165, 1.54) is 11.1 Å². The molecule has 0 saturated carbocycles. The monoisotopic (exact) mass is 436 g/mol. The molecule has 2 aliphatic carbocycles. The number of allylic oxidation sites excluding steroid dienone is 6. The molecular weight excluding hydrogens is 418 g/mol. The Morgan fingerprint density at radius 1 is 0.957 bits per heavy atom. The molecule has 2 N–H and O–H groups in total. The van der Waals surface area contributed by atoms with Crippen LogP contribution < -0.4 is 24.8 Å². The van der Waals surface area contributed by atoms with Crippen LogP contribution in [-0.4, -0.2) is 36.6 Å². The Bertz CT molecular complexity index is 518. The molecule has 0 amide bonds. The SMILES string of the molecule is CC1C2=[C](CC=C2OCCO)[Zr+2][C]2=C1C(OCCO)=CC2.[Cl-].[Cl-]. The summed E-state index contributed by atoms with van der Waals surface area (Å²) in [5.41, 5.74) is 2.68. The van der Waals surface area contributed by atoms with Gasteiger partial charge in [-0.2, -0.15) is 0 Å². The number of hydrogen-bond acceptors (Lipinski definition) is 4. The van der Waals surface area contributed by atoms with E-state index in [1.54, 1.807) is 6.56 Å². The second kappa shape index (κ2) is 9.43. The third-order valence-corrected chi connectivity index (χ3v) is 7.84. The summed E-state index contributed by atoms with van der Waals surface area (Å²) in [4.78, 5) is 0. The molecule has 7 heteroatoms. The van der Waals surface area contributed by atoms with E-state index in [0.29, 0.717) is 19.1 Å². The quantitative estimate of drug-likeness (QED) is 0.442. The van der Waals surface area contributed by atoms with Crippen molar-refractivity contribution in [2.24, 2.45) is 5.92 Å². The number of halogens is 2. The van der Waals surface area contributed by atoms with E-state index < -0.39 is 23.2 Å². The van der Waals surface area contributed by atoms with Gasteiger partial charge in [0, 0.05) is 0 Å². The Morgan fingerprint density at radius 2 is 1.39 bits per heavy atom. The average molecular weight is 438 g/mol. The fourth-order valence-corrected chi connectivity index (χ4v) is 7.45. The zero-order chi connectivity index (χ0) is 14.8. The zero-order valence-electron chi connectivity index (χ0n) is 12.9. The van der Waals surface area contributed by atoms with Crippen LogP contribution in [0.4, 0.5) is 0 Å². The molecule has 0 aromatic heterocycles. The van der Waals surface area contributed by atoms with E-state index in [2.05, 4.69) is 19.1 Å². The first-order valence-corrected chi connectivity index (χ1v) is 9.83. The topological polar surface area (TPSA) is 58.9 Å². The van der Waals surface area contributed by atoms with Gasteiger partial charge in [-0.3, -0.25) is 0 Å². The molecule has 126 valence electrons. The molecule has 0 radical (unpaired) electrons. The van der Waals surface area contributed by atoms with Crippen LogP contribution >= 0.6 is 0 Å². The molecule has 1 aliphatic heterocycles. The first-order chi connectivity index (χ1) is 10.3. The maximum atomic E-state index is 8.96. The minimum Gasteiger partial charge on any atom is -1.00 e.